The van der Waals surface area contributed by atoms with Crippen LogP contribution in [-0.4, -0.2) is 12.4 Å². The fraction of sp³-hybridized carbons (Fsp3) is 0.125. The predicted octanol–water partition coefficient (Wildman–Crippen LogP) is 6.39. The van der Waals surface area contributed by atoms with E-state index in [2.05, 4.69) is 4.99 Å². The van der Waals surface area contributed by atoms with Gasteiger partial charge in [0.25, 0.3) is 0 Å². The molecule has 0 radical (unpaired) electrons. The molecule has 3 aromatic rings. The lowest BCUT2D eigenvalue weighted by molar-refractivity contribution is -0.137. The monoisotopic (exact) mass is 393 g/mol. The Kier molecular flexibility index (Phi) is 5.21. The summed E-state index contributed by atoms with van der Waals surface area (Å²) in [7, 11) is 0. The zero-order valence-corrected chi connectivity index (χ0v) is 15.4. The second kappa shape index (κ2) is 7.95. The maximum Gasteiger partial charge on any atom is 0.416 e. The largest absolute Gasteiger partial charge is 0.467 e. The minimum absolute atomic E-state index is 0.121. The number of ether oxygens (including phenoxy) is 1. The molecule has 1 aliphatic rings. The van der Waals surface area contributed by atoms with Crippen molar-refractivity contribution in [1.29, 1.82) is 0 Å². The average Bonchev–Trinajstić information content (AvgIpc) is 3.23. The fourth-order valence-corrected chi connectivity index (χ4v) is 3.24. The van der Waals surface area contributed by atoms with E-state index in [0.29, 0.717) is 12.4 Å². The van der Waals surface area contributed by atoms with E-state index in [4.69, 9.17) is 4.74 Å². The van der Waals surface area contributed by atoms with Gasteiger partial charge in [-0.1, -0.05) is 72.8 Å². The highest BCUT2D eigenvalue weighted by atomic mass is 19.4. The molecule has 0 bridgehead atoms. The van der Waals surface area contributed by atoms with Crippen molar-refractivity contribution in [3.8, 4) is 0 Å². The first-order valence-corrected chi connectivity index (χ1v) is 9.21. The van der Waals surface area contributed by atoms with E-state index in [1.165, 1.54) is 18.2 Å². The van der Waals surface area contributed by atoms with Crippen LogP contribution in [0.3, 0.4) is 0 Å². The van der Waals surface area contributed by atoms with Crippen LogP contribution in [0.25, 0.3) is 12.2 Å². The highest BCUT2D eigenvalue weighted by molar-refractivity contribution is 5.96. The van der Waals surface area contributed by atoms with Crippen LogP contribution in [0, 0.1) is 0 Å². The van der Waals surface area contributed by atoms with Crippen molar-refractivity contribution in [2.75, 3.05) is 6.54 Å². The van der Waals surface area contributed by atoms with Gasteiger partial charge in [0.15, 0.2) is 0 Å². The molecule has 5 heteroatoms. The van der Waals surface area contributed by atoms with Crippen LogP contribution < -0.4 is 0 Å². The molecule has 4 rings (SSSR count). The summed E-state index contributed by atoms with van der Waals surface area (Å²) in [5, 5.41) is 0. The Hall–Kier alpha value is -3.34. The van der Waals surface area contributed by atoms with Crippen LogP contribution in [-0.2, 0) is 10.9 Å². The van der Waals surface area contributed by atoms with Gasteiger partial charge in [0, 0.05) is 5.56 Å². The molecule has 29 heavy (non-hydrogen) atoms. The summed E-state index contributed by atoms with van der Waals surface area (Å²) >= 11 is 0. The molecular weight excluding hydrogens is 375 g/mol. The first-order valence-electron chi connectivity index (χ1n) is 9.21. The predicted molar refractivity (Wildman–Crippen MR) is 108 cm³/mol. The van der Waals surface area contributed by atoms with E-state index in [0.717, 1.165) is 22.8 Å². The van der Waals surface area contributed by atoms with Crippen LogP contribution >= 0.6 is 0 Å². The maximum atomic E-state index is 13.2. The van der Waals surface area contributed by atoms with Gasteiger partial charge >= 0.3 is 6.18 Å². The smallest absolute Gasteiger partial charge is 0.416 e. The van der Waals surface area contributed by atoms with Crippen LogP contribution in [0.1, 0.15) is 33.9 Å². The zero-order valence-electron chi connectivity index (χ0n) is 15.4. The molecule has 2 nitrogen and oxygen atoms in total. The highest BCUT2D eigenvalue weighted by Gasteiger charge is 2.32. The Morgan fingerprint density at radius 2 is 1.62 bits per heavy atom. The molecule has 0 N–H and O–H groups in total. The standard InChI is InChI=1S/C24H18F3NO/c25-24(26,27)21-12-5-4-8-18(21)14-13-17-7-6-11-20(15-17)23-28-16-22(29-23)19-9-2-1-3-10-19/h1-15,22H,16H2/b14-13+. The van der Waals surface area contributed by atoms with Gasteiger partial charge < -0.3 is 4.74 Å². The third kappa shape index (κ3) is 4.40. The van der Waals surface area contributed by atoms with Gasteiger partial charge in [-0.05, 0) is 34.9 Å². The lowest BCUT2D eigenvalue weighted by Crippen LogP contribution is -2.06. The summed E-state index contributed by atoms with van der Waals surface area (Å²) < 4.78 is 45.5. The van der Waals surface area contributed by atoms with E-state index in [1.54, 1.807) is 12.1 Å². The van der Waals surface area contributed by atoms with Gasteiger partial charge in [-0.2, -0.15) is 13.2 Å². The molecular formula is C24H18F3NO. The summed E-state index contributed by atoms with van der Waals surface area (Å²) in [4.78, 5) is 4.49. The Morgan fingerprint density at radius 1 is 0.862 bits per heavy atom. The zero-order chi connectivity index (χ0) is 20.3. The summed E-state index contributed by atoms with van der Waals surface area (Å²) in [5.41, 5.74) is 2.11. The first-order chi connectivity index (χ1) is 14.0. The van der Waals surface area contributed by atoms with Gasteiger partial charge in [0.2, 0.25) is 5.90 Å². The molecule has 1 heterocycles. The molecule has 1 unspecified atom stereocenters. The maximum absolute atomic E-state index is 13.2. The number of benzene rings is 3. The van der Waals surface area contributed by atoms with Crippen LogP contribution in [0.2, 0.25) is 0 Å². The molecule has 3 aromatic carbocycles. The second-order valence-electron chi connectivity index (χ2n) is 6.71. The number of halogens is 3. The highest BCUT2D eigenvalue weighted by Crippen LogP contribution is 2.32. The van der Waals surface area contributed by atoms with Crippen molar-refractivity contribution in [3.05, 3.63) is 107 Å². The van der Waals surface area contributed by atoms with Gasteiger partial charge in [-0.3, -0.25) is 0 Å². The van der Waals surface area contributed by atoms with E-state index >= 15 is 0 Å². The average molecular weight is 393 g/mol. The first kappa shape index (κ1) is 19.0. The lowest BCUT2D eigenvalue weighted by atomic mass is 10.0. The van der Waals surface area contributed by atoms with E-state index < -0.39 is 11.7 Å². The molecule has 146 valence electrons. The number of aliphatic imine (C=N–C) groups is 1. The molecule has 0 aliphatic carbocycles. The minimum Gasteiger partial charge on any atom is -0.467 e. The molecule has 0 saturated heterocycles. The summed E-state index contributed by atoms with van der Waals surface area (Å²) in [6.45, 7) is 0.540. The van der Waals surface area contributed by atoms with Crippen molar-refractivity contribution in [1.82, 2.24) is 0 Å². The molecule has 0 aromatic heterocycles. The fourth-order valence-electron chi connectivity index (χ4n) is 3.24. The number of nitrogens with zero attached hydrogens (tertiary/aromatic N) is 1. The van der Waals surface area contributed by atoms with E-state index in [-0.39, 0.29) is 11.7 Å². The van der Waals surface area contributed by atoms with Crippen LogP contribution in [0.4, 0.5) is 13.2 Å². The van der Waals surface area contributed by atoms with Crippen molar-refractivity contribution < 1.29 is 17.9 Å². The van der Waals surface area contributed by atoms with E-state index in [1.807, 2.05) is 54.6 Å². The molecule has 0 spiro atoms. The number of alkyl halides is 3. The van der Waals surface area contributed by atoms with Crippen molar-refractivity contribution >= 4 is 18.0 Å². The second-order valence-corrected chi connectivity index (χ2v) is 6.71. The molecule has 0 amide bonds. The SMILES string of the molecule is FC(F)(F)c1ccccc1/C=C/c1cccc(C2=NCC(c3ccccc3)O2)c1. The third-order valence-electron chi connectivity index (χ3n) is 4.68. The van der Waals surface area contributed by atoms with Crippen molar-refractivity contribution in [2.45, 2.75) is 12.3 Å². The summed E-state index contributed by atoms with van der Waals surface area (Å²) in [6, 6.07) is 22.8. The number of rotatable bonds is 4. The van der Waals surface area contributed by atoms with Gasteiger partial charge in [0.05, 0.1) is 12.1 Å². The lowest BCUT2D eigenvalue weighted by Gasteiger charge is -2.12. The Labute approximate surface area is 167 Å². The Morgan fingerprint density at radius 3 is 2.41 bits per heavy atom. The molecule has 0 fully saturated rings. The Balaban J connectivity index is 1.53. The number of hydrogen-bond acceptors (Lipinski definition) is 2. The molecule has 1 aliphatic heterocycles. The third-order valence-corrected chi connectivity index (χ3v) is 4.68. The topological polar surface area (TPSA) is 21.6 Å². The van der Waals surface area contributed by atoms with Crippen LogP contribution in [0.5, 0.6) is 0 Å². The van der Waals surface area contributed by atoms with Gasteiger partial charge in [0.1, 0.15) is 6.10 Å². The van der Waals surface area contributed by atoms with Crippen molar-refractivity contribution in [2.24, 2.45) is 4.99 Å². The van der Waals surface area contributed by atoms with Gasteiger partial charge in [-0.15, -0.1) is 0 Å². The molecule has 1 atom stereocenters. The number of hydrogen-bond donors (Lipinski definition) is 0. The minimum atomic E-state index is -4.39. The van der Waals surface area contributed by atoms with Crippen molar-refractivity contribution in [3.63, 3.8) is 0 Å². The molecule has 0 saturated carbocycles. The van der Waals surface area contributed by atoms with Gasteiger partial charge in [-0.25, -0.2) is 4.99 Å². The summed E-state index contributed by atoms with van der Waals surface area (Å²) in [6.07, 6.45) is -1.37. The summed E-state index contributed by atoms with van der Waals surface area (Å²) in [5.74, 6) is 0.546. The quantitative estimate of drug-likeness (QED) is 0.471. The van der Waals surface area contributed by atoms with E-state index in [9.17, 15) is 13.2 Å². The van der Waals surface area contributed by atoms with Crippen LogP contribution in [0.15, 0.2) is 83.9 Å². The Bertz CT molecular complexity index is 1050. The normalized spacial score (nSPS) is 16.7.